The molecule has 4 aromatic rings. The number of carbonyl (C=O) groups excluding carboxylic acids is 1. The largest absolute Gasteiger partial charge is 0.497 e. The Labute approximate surface area is 185 Å². The maximum Gasteiger partial charge on any atom is 0.224 e. The molecule has 1 heterocycles. The minimum atomic E-state index is -0.481. The first-order valence-corrected chi connectivity index (χ1v) is 10.3. The molecule has 0 aliphatic rings. The number of ether oxygens (including phenoxy) is 1. The van der Waals surface area contributed by atoms with Crippen LogP contribution in [-0.2, 0) is 11.2 Å². The quantitative estimate of drug-likeness (QED) is 0.404. The van der Waals surface area contributed by atoms with Crippen LogP contribution in [0.5, 0.6) is 5.75 Å². The summed E-state index contributed by atoms with van der Waals surface area (Å²) in [5.41, 5.74) is 3.34. The molecule has 0 saturated carbocycles. The van der Waals surface area contributed by atoms with E-state index in [4.69, 9.17) is 16.3 Å². The van der Waals surface area contributed by atoms with E-state index in [1.165, 1.54) is 12.1 Å². The van der Waals surface area contributed by atoms with Gasteiger partial charge in [-0.15, -0.1) is 0 Å². The fourth-order valence-corrected chi connectivity index (χ4v) is 4.00. The molecule has 158 valence electrons. The van der Waals surface area contributed by atoms with Crippen molar-refractivity contribution >= 4 is 28.4 Å². The highest BCUT2D eigenvalue weighted by Gasteiger charge is 2.20. The Hall–Kier alpha value is -3.31. The lowest BCUT2D eigenvalue weighted by molar-refractivity contribution is -0.120. The third-order valence-electron chi connectivity index (χ3n) is 5.42. The molecule has 4 rings (SSSR count). The topological polar surface area (TPSA) is 54.1 Å². The lowest BCUT2D eigenvalue weighted by Gasteiger charge is -2.19. The number of carbonyl (C=O) groups is 1. The van der Waals surface area contributed by atoms with E-state index in [0.29, 0.717) is 6.54 Å². The number of hydrogen-bond donors (Lipinski definition) is 2. The molecule has 6 heteroatoms. The summed E-state index contributed by atoms with van der Waals surface area (Å²) in [5.74, 6) is -0.0990. The molecule has 0 radical (unpaired) electrons. The van der Waals surface area contributed by atoms with Gasteiger partial charge in [0.05, 0.1) is 13.5 Å². The van der Waals surface area contributed by atoms with Gasteiger partial charge in [-0.1, -0.05) is 48.0 Å². The highest BCUT2D eigenvalue weighted by molar-refractivity contribution is 6.31. The van der Waals surface area contributed by atoms with Crippen LogP contribution >= 0.6 is 11.6 Å². The van der Waals surface area contributed by atoms with Crippen LogP contribution in [0.4, 0.5) is 4.39 Å². The van der Waals surface area contributed by atoms with E-state index in [1.807, 2.05) is 48.7 Å². The number of hydrogen-bond acceptors (Lipinski definition) is 2. The van der Waals surface area contributed by atoms with E-state index >= 15 is 0 Å². The second-order valence-corrected chi connectivity index (χ2v) is 7.70. The van der Waals surface area contributed by atoms with Crippen LogP contribution in [0.2, 0.25) is 5.02 Å². The van der Waals surface area contributed by atoms with Gasteiger partial charge in [0, 0.05) is 40.1 Å². The molecule has 2 N–H and O–H groups in total. The van der Waals surface area contributed by atoms with Crippen LogP contribution in [0.15, 0.2) is 72.9 Å². The van der Waals surface area contributed by atoms with Gasteiger partial charge in [0.15, 0.2) is 0 Å². The summed E-state index contributed by atoms with van der Waals surface area (Å²) >= 11 is 6.07. The van der Waals surface area contributed by atoms with Gasteiger partial charge in [-0.25, -0.2) is 4.39 Å². The van der Waals surface area contributed by atoms with Crippen molar-refractivity contribution < 1.29 is 13.9 Å². The second-order valence-electron chi connectivity index (χ2n) is 7.30. The predicted octanol–water partition coefficient (Wildman–Crippen LogP) is 5.46. The Balaban J connectivity index is 1.59. The molecule has 0 saturated heterocycles. The van der Waals surface area contributed by atoms with Gasteiger partial charge in [-0.05, 0) is 41.5 Å². The summed E-state index contributed by atoms with van der Waals surface area (Å²) in [6, 6.07) is 20.2. The number of amides is 1. The van der Waals surface area contributed by atoms with Crippen LogP contribution in [0.1, 0.15) is 22.6 Å². The van der Waals surface area contributed by atoms with Gasteiger partial charge >= 0.3 is 0 Å². The first kappa shape index (κ1) is 20.9. The van der Waals surface area contributed by atoms with Crippen molar-refractivity contribution in [2.24, 2.45) is 0 Å². The minimum Gasteiger partial charge on any atom is -0.497 e. The van der Waals surface area contributed by atoms with Crippen molar-refractivity contribution in [1.82, 2.24) is 10.3 Å². The number of para-hydroxylation sites is 1. The van der Waals surface area contributed by atoms with Crippen LogP contribution in [0.25, 0.3) is 10.9 Å². The number of methoxy groups -OCH3 is 1. The molecule has 0 aliphatic heterocycles. The van der Waals surface area contributed by atoms with Crippen molar-refractivity contribution in [3.63, 3.8) is 0 Å². The molecule has 0 aliphatic carbocycles. The second kappa shape index (κ2) is 9.23. The number of fused-ring (bicyclic) bond motifs is 1. The van der Waals surface area contributed by atoms with E-state index in [2.05, 4.69) is 16.4 Å². The molecule has 1 aromatic heterocycles. The van der Waals surface area contributed by atoms with Crippen LogP contribution < -0.4 is 10.1 Å². The Bertz CT molecular complexity index is 1180. The molecule has 31 heavy (non-hydrogen) atoms. The monoisotopic (exact) mass is 436 g/mol. The number of aromatic amines is 1. The average molecular weight is 437 g/mol. The summed E-state index contributed by atoms with van der Waals surface area (Å²) in [6.07, 6.45) is 1.86. The fraction of sp³-hybridized carbons (Fsp3) is 0.160. The van der Waals surface area contributed by atoms with Crippen LogP contribution in [0, 0.1) is 5.82 Å². The van der Waals surface area contributed by atoms with Crippen LogP contribution in [-0.4, -0.2) is 24.5 Å². The van der Waals surface area contributed by atoms with Crippen molar-refractivity contribution in [3.05, 3.63) is 100 Å². The van der Waals surface area contributed by atoms with Crippen molar-refractivity contribution in [3.8, 4) is 5.75 Å². The Morgan fingerprint density at radius 3 is 2.61 bits per heavy atom. The maximum atomic E-state index is 14.1. The number of nitrogens with one attached hydrogen (secondary N) is 2. The van der Waals surface area contributed by atoms with E-state index < -0.39 is 5.82 Å². The van der Waals surface area contributed by atoms with E-state index in [1.54, 1.807) is 13.2 Å². The summed E-state index contributed by atoms with van der Waals surface area (Å²) < 4.78 is 19.3. The first-order valence-electron chi connectivity index (χ1n) is 9.96. The molecule has 3 aromatic carbocycles. The fourth-order valence-electron chi connectivity index (χ4n) is 3.77. The third-order valence-corrected chi connectivity index (χ3v) is 5.77. The van der Waals surface area contributed by atoms with Gasteiger partial charge in [-0.2, -0.15) is 0 Å². The van der Waals surface area contributed by atoms with Crippen molar-refractivity contribution in [2.75, 3.05) is 13.7 Å². The lowest BCUT2D eigenvalue weighted by Crippen LogP contribution is -2.30. The summed E-state index contributed by atoms with van der Waals surface area (Å²) in [4.78, 5) is 15.9. The Morgan fingerprint density at radius 2 is 1.87 bits per heavy atom. The zero-order valence-corrected chi connectivity index (χ0v) is 17.7. The smallest absolute Gasteiger partial charge is 0.224 e. The molecule has 1 amide bonds. The Kier molecular flexibility index (Phi) is 6.23. The van der Waals surface area contributed by atoms with Gasteiger partial charge in [-0.3, -0.25) is 4.79 Å². The van der Waals surface area contributed by atoms with Gasteiger partial charge < -0.3 is 15.0 Å². The molecule has 0 unspecified atom stereocenters. The highest BCUT2D eigenvalue weighted by Crippen LogP contribution is 2.31. The van der Waals surface area contributed by atoms with Gasteiger partial charge in [0.25, 0.3) is 0 Å². The molecular weight excluding hydrogens is 415 g/mol. The van der Waals surface area contributed by atoms with E-state index in [0.717, 1.165) is 27.8 Å². The van der Waals surface area contributed by atoms with Gasteiger partial charge in [0.1, 0.15) is 11.6 Å². The predicted molar refractivity (Wildman–Crippen MR) is 121 cm³/mol. The third kappa shape index (κ3) is 4.57. The standard InChI is InChI=1S/C25H22ClFN2O2/c1-31-17-11-9-16(10-12-17)20(21-15-28-24-8-3-2-5-18(21)24)14-29-25(30)13-19-22(26)6-4-7-23(19)27/h2-12,15,20,28H,13-14H2,1H3,(H,29,30)/t20-/m0/s1. The molecule has 0 fully saturated rings. The van der Waals surface area contributed by atoms with Gasteiger partial charge in [0.2, 0.25) is 5.91 Å². The zero-order valence-electron chi connectivity index (χ0n) is 17.0. The summed E-state index contributed by atoms with van der Waals surface area (Å²) in [6.45, 7) is 0.360. The lowest BCUT2D eigenvalue weighted by atomic mass is 9.90. The highest BCUT2D eigenvalue weighted by atomic mass is 35.5. The normalized spacial score (nSPS) is 12.0. The number of aromatic nitrogens is 1. The van der Waals surface area contributed by atoms with E-state index in [9.17, 15) is 9.18 Å². The van der Waals surface area contributed by atoms with Crippen LogP contribution in [0.3, 0.4) is 0 Å². The summed E-state index contributed by atoms with van der Waals surface area (Å²) in [7, 11) is 1.63. The number of H-pyrrole nitrogens is 1. The summed E-state index contributed by atoms with van der Waals surface area (Å²) in [5, 5.41) is 4.30. The van der Waals surface area contributed by atoms with Crippen molar-refractivity contribution in [2.45, 2.75) is 12.3 Å². The number of rotatable bonds is 7. The average Bonchev–Trinajstić information content (AvgIpc) is 3.21. The minimum absolute atomic E-state index is 0.0953. The molecule has 4 nitrogen and oxygen atoms in total. The zero-order chi connectivity index (χ0) is 21.8. The number of benzene rings is 3. The molecule has 0 bridgehead atoms. The molecule has 1 atom stereocenters. The first-order chi connectivity index (χ1) is 15.1. The Morgan fingerprint density at radius 1 is 1.10 bits per heavy atom. The SMILES string of the molecule is COc1ccc([C@H](CNC(=O)Cc2c(F)cccc2Cl)c2c[nH]c3ccccc23)cc1. The molecular formula is C25H22ClFN2O2. The molecule has 0 spiro atoms. The number of halogens is 2. The maximum absolute atomic E-state index is 14.1. The van der Waals surface area contributed by atoms with Crippen molar-refractivity contribution in [1.29, 1.82) is 0 Å². The van der Waals surface area contributed by atoms with E-state index in [-0.39, 0.29) is 28.8 Å².